The number of amides is 1. The molecule has 2 fully saturated rings. The third-order valence-corrected chi connectivity index (χ3v) is 16.8. The van der Waals surface area contributed by atoms with Crippen LogP contribution in [0.15, 0.2) is 84.5 Å². The van der Waals surface area contributed by atoms with Gasteiger partial charge >= 0.3 is 11.9 Å². The van der Waals surface area contributed by atoms with Gasteiger partial charge in [-0.15, -0.1) is 0 Å². The van der Waals surface area contributed by atoms with E-state index in [-0.39, 0.29) is 36.8 Å². The van der Waals surface area contributed by atoms with Gasteiger partial charge in [0.1, 0.15) is 22.9 Å². The van der Waals surface area contributed by atoms with Gasteiger partial charge in [0.05, 0.1) is 20.3 Å². The first-order valence-corrected chi connectivity index (χ1v) is 24.0. The average Bonchev–Trinajstić information content (AvgIpc) is 3.98. The number of esters is 2. The molecule has 1 saturated heterocycles. The van der Waals surface area contributed by atoms with Crippen LogP contribution in [-0.2, 0) is 36.3 Å². The number of aliphatic hydroxyl groups is 1. The van der Waals surface area contributed by atoms with Crippen LogP contribution in [0.25, 0.3) is 10.9 Å². The van der Waals surface area contributed by atoms with E-state index >= 15 is 4.79 Å². The topological polar surface area (TPSA) is 137 Å². The van der Waals surface area contributed by atoms with Crippen molar-refractivity contribution in [2.45, 2.75) is 101 Å². The number of ether oxygens (including phenoxy) is 3. The number of methoxy groups -OCH3 is 2. The summed E-state index contributed by atoms with van der Waals surface area (Å²) >= 11 is 0. The SMILES string of the molecule is CCC1=C[C@H]2CN(CCc3c([nH]c4ccccc34)[C@@](C(=O)OC)(c3cc4c(cc3OC)N(C)[C@H]3[C@@](O)(CCNC(=O)c5ccc(C)cc5)[C@H](OC(C)=O)[C@]5(CC)C=CCN6CC[C@]43[C@@H]65)C2)C1. The van der Waals surface area contributed by atoms with E-state index in [0.29, 0.717) is 30.6 Å². The molecule has 9 atom stereocenters. The lowest BCUT2D eigenvalue weighted by atomic mass is 9.47. The largest absolute Gasteiger partial charge is 0.496 e. The van der Waals surface area contributed by atoms with Crippen molar-refractivity contribution >= 4 is 34.4 Å². The Hall–Kier alpha value is -5.43. The van der Waals surface area contributed by atoms with Crippen LogP contribution in [0.3, 0.4) is 0 Å². The predicted molar refractivity (Wildman–Crippen MR) is 255 cm³/mol. The number of carbonyl (C=O) groups excluding carboxylic acids is 3. The van der Waals surface area contributed by atoms with Crippen molar-refractivity contribution < 1.29 is 33.7 Å². The summed E-state index contributed by atoms with van der Waals surface area (Å²) in [5.74, 6) is -0.462. The molecule has 12 heteroatoms. The zero-order valence-electron chi connectivity index (χ0n) is 39.5. The number of nitrogens with one attached hydrogen (secondary N) is 2. The number of aromatic amines is 1. The minimum atomic E-state index is -1.66. The van der Waals surface area contributed by atoms with Crippen molar-refractivity contribution in [1.82, 2.24) is 20.1 Å². The van der Waals surface area contributed by atoms with Crippen LogP contribution in [0, 0.1) is 18.3 Å². The molecule has 12 nitrogen and oxygen atoms in total. The van der Waals surface area contributed by atoms with Crippen LogP contribution in [0.4, 0.5) is 5.69 Å². The minimum Gasteiger partial charge on any atom is -0.496 e. The number of para-hydroxylation sites is 1. The molecule has 3 aromatic carbocycles. The maximum atomic E-state index is 15.5. The fourth-order valence-electron chi connectivity index (χ4n) is 14.3. The molecule has 3 N–H and O–H groups in total. The molecule has 1 saturated carbocycles. The van der Waals surface area contributed by atoms with Crippen molar-refractivity contribution in [2.24, 2.45) is 11.3 Å². The van der Waals surface area contributed by atoms with Gasteiger partial charge in [0, 0.05) is 103 Å². The molecule has 1 aromatic heterocycles. The molecule has 348 valence electrons. The van der Waals surface area contributed by atoms with Gasteiger partial charge in [0.25, 0.3) is 5.91 Å². The van der Waals surface area contributed by atoms with Crippen LogP contribution < -0.4 is 15.0 Å². The molecular formula is C54H65N5O7. The zero-order valence-corrected chi connectivity index (χ0v) is 39.5. The Kier molecular flexibility index (Phi) is 11.0. The Balaban J connectivity index is 1.20. The summed E-state index contributed by atoms with van der Waals surface area (Å²) in [7, 11) is 5.19. The normalized spacial score (nSPS) is 31.9. The Morgan fingerprint density at radius 3 is 2.52 bits per heavy atom. The summed E-state index contributed by atoms with van der Waals surface area (Å²) < 4.78 is 19.0. The fraction of sp³-hybridized carbons (Fsp3) is 0.500. The van der Waals surface area contributed by atoms with Crippen LogP contribution in [0.2, 0.25) is 0 Å². The Morgan fingerprint density at radius 2 is 1.79 bits per heavy atom. The van der Waals surface area contributed by atoms with E-state index < -0.39 is 40.0 Å². The first-order chi connectivity index (χ1) is 31.8. The van der Waals surface area contributed by atoms with Crippen LogP contribution in [0.1, 0.15) is 91.2 Å². The molecule has 1 spiro atoms. The summed E-state index contributed by atoms with van der Waals surface area (Å²) in [6.07, 6.45) is 9.39. The molecule has 10 rings (SSSR count). The summed E-state index contributed by atoms with van der Waals surface area (Å²) in [5.41, 5.74) is 4.04. The number of anilines is 1. The number of H-pyrrole nitrogens is 1. The number of hydrogen-bond donors (Lipinski definition) is 3. The first kappa shape index (κ1) is 44.4. The van der Waals surface area contributed by atoms with E-state index in [2.05, 4.69) is 87.4 Å². The van der Waals surface area contributed by atoms with Gasteiger partial charge in [-0.1, -0.05) is 73.5 Å². The van der Waals surface area contributed by atoms with Gasteiger partial charge in [-0.2, -0.15) is 0 Å². The predicted octanol–water partition coefficient (Wildman–Crippen LogP) is 6.75. The molecule has 4 aromatic rings. The summed E-state index contributed by atoms with van der Waals surface area (Å²) in [5, 5.41) is 18.2. The zero-order chi connectivity index (χ0) is 46.3. The number of aryl methyl sites for hydroxylation is 1. The van der Waals surface area contributed by atoms with Crippen molar-refractivity contribution in [3.8, 4) is 5.75 Å². The highest BCUT2D eigenvalue weighted by molar-refractivity contribution is 5.95. The lowest BCUT2D eigenvalue weighted by molar-refractivity contribution is -0.220. The Labute approximate surface area is 388 Å². The van der Waals surface area contributed by atoms with Crippen LogP contribution in [-0.4, -0.2) is 122 Å². The smallest absolute Gasteiger partial charge is 0.322 e. The van der Waals surface area contributed by atoms with E-state index in [4.69, 9.17) is 14.2 Å². The molecule has 5 aliphatic heterocycles. The lowest BCUT2D eigenvalue weighted by Gasteiger charge is -2.65. The first-order valence-electron chi connectivity index (χ1n) is 24.0. The molecule has 1 amide bonds. The summed E-state index contributed by atoms with van der Waals surface area (Å²) in [4.78, 5) is 53.5. The second-order valence-electron chi connectivity index (χ2n) is 20.0. The number of likely N-dealkylation sites (N-methyl/N-ethyl adjacent to an activating group) is 1. The fourth-order valence-corrected chi connectivity index (χ4v) is 14.3. The van der Waals surface area contributed by atoms with Gasteiger partial charge in [0.2, 0.25) is 0 Å². The standard InChI is InChI=1S/C54H65N5O7/c1-8-35-27-36-30-53(50(62)65-7,45-39(19-25-58(31-35)32-36)38-13-10-11-14-42(38)56-45)41-28-40-43(29-44(41)64-6)57(5)48-52(40)22-26-59-24-12-20-51(9-2,47(52)59)49(66-34(4)60)54(48,63)21-23-55-46(61)37-17-15-33(3)16-18-37/h10-18,20,27-29,36,47-49,56,63H,8-9,19,21-26,30-32H2,1-7H3,(H,55,61)/t36-,47+,48-,49-,51-,52-,53+,54+/m1/s1. The van der Waals surface area contributed by atoms with E-state index in [1.54, 1.807) is 19.2 Å². The molecule has 6 heterocycles. The van der Waals surface area contributed by atoms with Gasteiger partial charge in [0.15, 0.2) is 0 Å². The highest BCUT2D eigenvalue weighted by Crippen LogP contribution is 2.68. The summed E-state index contributed by atoms with van der Waals surface area (Å²) in [6.45, 7) is 11.9. The monoisotopic (exact) mass is 895 g/mol. The number of rotatable bonds is 10. The van der Waals surface area contributed by atoms with Gasteiger partial charge in [-0.05, 0) is 93.3 Å². The number of nitrogens with zero attached hydrogens (tertiary/aromatic N) is 3. The summed E-state index contributed by atoms with van der Waals surface area (Å²) in [6, 6.07) is 19.3. The van der Waals surface area contributed by atoms with E-state index in [9.17, 15) is 14.7 Å². The quantitative estimate of drug-likeness (QED) is 0.116. The number of fused-ring (bicyclic) bond motifs is 6. The second-order valence-corrected chi connectivity index (χ2v) is 20.0. The molecule has 66 heavy (non-hydrogen) atoms. The maximum Gasteiger partial charge on any atom is 0.322 e. The van der Waals surface area contributed by atoms with Gasteiger partial charge in [-0.3, -0.25) is 24.2 Å². The Bertz CT molecular complexity index is 2660. The van der Waals surface area contributed by atoms with E-state index in [1.165, 1.54) is 19.6 Å². The highest BCUT2D eigenvalue weighted by atomic mass is 16.6. The highest BCUT2D eigenvalue weighted by Gasteiger charge is 2.77. The van der Waals surface area contributed by atoms with Crippen LogP contribution in [0.5, 0.6) is 5.75 Å². The molecular weight excluding hydrogens is 831 g/mol. The average molecular weight is 896 g/mol. The molecule has 1 unspecified atom stereocenters. The van der Waals surface area contributed by atoms with E-state index in [1.807, 2.05) is 32.2 Å². The molecule has 0 radical (unpaired) electrons. The van der Waals surface area contributed by atoms with Crippen molar-refractivity contribution in [2.75, 3.05) is 65.4 Å². The number of carbonyl (C=O) groups is 3. The molecule has 2 bridgehead atoms. The van der Waals surface area contributed by atoms with Crippen molar-refractivity contribution in [3.63, 3.8) is 0 Å². The van der Waals surface area contributed by atoms with Gasteiger partial charge in [-0.25, -0.2) is 0 Å². The van der Waals surface area contributed by atoms with Crippen LogP contribution >= 0.6 is 0 Å². The van der Waals surface area contributed by atoms with E-state index in [0.717, 1.165) is 90.1 Å². The molecule has 1 aliphatic carbocycles. The minimum absolute atomic E-state index is 0.0364. The number of benzene rings is 3. The number of aromatic nitrogens is 1. The maximum absolute atomic E-state index is 15.5. The van der Waals surface area contributed by atoms with Crippen molar-refractivity contribution in [1.29, 1.82) is 0 Å². The second kappa shape index (κ2) is 16.4. The van der Waals surface area contributed by atoms with Gasteiger partial charge < -0.3 is 34.5 Å². The molecule has 6 aliphatic rings. The Morgan fingerprint density at radius 1 is 1.00 bits per heavy atom. The van der Waals surface area contributed by atoms with Crippen molar-refractivity contribution in [3.05, 3.63) is 118 Å². The number of hydrogen-bond acceptors (Lipinski definition) is 10. The lowest BCUT2D eigenvalue weighted by Crippen LogP contribution is -2.79. The third kappa shape index (κ3) is 6.37. The third-order valence-electron chi connectivity index (χ3n) is 16.8.